The highest BCUT2D eigenvalue weighted by molar-refractivity contribution is 7.99. The van der Waals surface area contributed by atoms with Crippen molar-refractivity contribution in [1.29, 1.82) is 0 Å². The Labute approximate surface area is 200 Å². The number of hydrogen-bond acceptors (Lipinski definition) is 7. The third-order valence-electron chi connectivity index (χ3n) is 4.54. The van der Waals surface area contributed by atoms with Gasteiger partial charge in [0.15, 0.2) is 0 Å². The van der Waals surface area contributed by atoms with Crippen molar-refractivity contribution in [2.75, 3.05) is 12.9 Å². The second-order valence-electron chi connectivity index (χ2n) is 6.83. The lowest BCUT2D eigenvalue weighted by atomic mass is 10.0. The maximum atomic E-state index is 12.0. The van der Waals surface area contributed by atoms with Crippen LogP contribution >= 0.6 is 35.0 Å². The predicted octanol–water partition coefficient (Wildman–Crippen LogP) is 5.11. The molecular formula is C22H22Cl2N4O3S. The van der Waals surface area contributed by atoms with E-state index in [1.54, 1.807) is 25.3 Å². The van der Waals surface area contributed by atoms with Crippen molar-refractivity contribution in [1.82, 2.24) is 15.6 Å². The highest BCUT2D eigenvalue weighted by Gasteiger charge is 2.10. The van der Waals surface area contributed by atoms with E-state index in [0.717, 1.165) is 30.4 Å². The zero-order chi connectivity index (χ0) is 22.9. The van der Waals surface area contributed by atoms with Gasteiger partial charge in [0.2, 0.25) is 5.89 Å². The molecule has 3 rings (SSSR count). The lowest BCUT2D eigenvalue weighted by molar-refractivity contribution is -0.118. The number of carbonyl (C=O) groups is 1. The van der Waals surface area contributed by atoms with Gasteiger partial charge in [0.25, 0.3) is 11.1 Å². The van der Waals surface area contributed by atoms with Gasteiger partial charge in [-0.05, 0) is 49.1 Å². The Morgan fingerprint density at radius 1 is 1.25 bits per heavy atom. The summed E-state index contributed by atoms with van der Waals surface area (Å²) in [5.41, 5.74) is 5.49. The van der Waals surface area contributed by atoms with Crippen molar-refractivity contribution < 1.29 is 13.9 Å². The van der Waals surface area contributed by atoms with E-state index >= 15 is 0 Å². The number of hydrogen-bond donors (Lipinski definition) is 1. The summed E-state index contributed by atoms with van der Waals surface area (Å²) in [5.74, 6) is 1.19. The zero-order valence-corrected chi connectivity index (χ0v) is 19.9. The van der Waals surface area contributed by atoms with Crippen LogP contribution in [0.5, 0.6) is 5.75 Å². The molecule has 0 aliphatic rings. The maximum Gasteiger partial charge on any atom is 0.277 e. The van der Waals surface area contributed by atoms with Crippen LogP contribution in [0.3, 0.4) is 0 Å². The Kier molecular flexibility index (Phi) is 8.96. The average Bonchev–Trinajstić information content (AvgIpc) is 3.24. The number of methoxy groups -OCH3 is 1. The first kappa shape index (κ1) is 24.1. The predicted molar refractivity (Wildman–Crippen MR) is 127 cm³/mol. The lowest BCUT2D eigenvalue weighted by Gasteiger charge is -2.07. The van der Waals surface area contributed by atoms with E-state index in [1.807, 2.05) is 12.1 Å². The second kappa shape index (κ2) is 11.9. The number of benzene rings is 2. The molecule has 1 heterocycles. The molecule has 32 heavy (non-hydrogen) atoms. The molecule has 7 nitrogen and oxygen atoms in total. The second-order valence-corrected chi connectivity index (χ2v) is 8.54. The minimum Gasteiger partial charge on any atom is -0.497 e. The van der Waals surface area contributed by atoms with Crippen molar-refractivity contribution in [2.45, 2.75) is 31.4 Å². The number of ether oxygens (including phenoxy) is 1. The van der Waals surface area contributed by atoms with Gasteiger partial charge in [0.05, 0.1) is 29.1 Å². The number of amides is 1. The van der Waals surface area contributed by atoms with Crippen LogP contribution in [0.4, 0.5) is 0 Å². The molecule has 0 aliphatic heterocycles. The van der Waals surface area contributed by atoms with E-state index in [0.29, 0.717) is 33.1 Å². The van der Waals surface area contributed by atoms with Gasteiger partial charge < -0.3 is 9.15 Å². The van der Waals surface area contributed by atoms with Gasteiger partial charge in [-0.1, -0.05) is 53.2 Å². The summed E-state index contributed by atoms with van der Waals surface area (Å²) in [5, 5.41) is 13.1. The lowest BCUT2D eigenvalue weighted by Crippen LogP contribution is -2.19. The molecule has 0 aliphatic carbocycles. The number of nitrogens with one attached hydrogen (secondary N) is 1. The first-order chi connectivity index (χ1) is 15.5. The van der Waals surface area contributed by atoms with E-state index in [-0.39, 0.29) is 11.7 Å². The Bertz CT molecular complexity index is 1100. The van der Waals surface area contributed by atoms with Crippen molar-refractivity contribution in [3.8, 4) is 5.75 Å². The molecule has 0 saturated heterocycles. The molecule has 3 aromatic rings. The molecule has 168 valence electrons. The normalized spacial score (nSPS) is 11.1. The number of rotatable bonds is 10. The van der Waals surface area contributed by atoms with Gasteiger partial charge >= 0.3 is 0 Å². The molecule has 1 N–H and O–H groups in total. The summed E-state index contributed by atoms with van der Waals surface area (Å²) >= 11 is 13.2. The fourth-order valence-corrected chi connectivity index (χ4v) is 3.79. The molecule has 0 spiro atoms. The first-order valence-corrected chi connectivity index (χ1v) is 11.5. The van der Waals surface area contributed by atoms with E-state index in [2.05, 4.69) is 33.7 Å². The number of halogens is 2. The summed E-state index contributed by atoms with van der Waals surface area (Å²) in [7, 11) is 1.66. The Morgan fingerprint density at radius 3 is 2.88 bits per heavy atom. The minimum absolute atomic E-state index is 0.0906. The van der Waals surface area contributed by atoms with Crippen molar-refractivity contribution in [3.63, 3.8) is 0 Å². The van der Waals surface area contributed by atoms with E-state index in [4.69, 9.17) is 32.4 Å². The molecule has 2 aromatic carbocycles. The van der Waals surface area contributed by atoms with E-state index < -0.39 is 0 Å². The number of nitrogens with zero attached hydrogens (tertiary/aromatic N) is 3. The number of hydrazone groups is 1. The summed E-state index contributed by atoms with van der Waals surface area (Å²) in [4.78, 5) is 12.0. The molecule has 0 bridgehead atoms. The minimum atomic E-state index is -0.306. The van der Waals surface area contributed by atoms with Gasteiger partial charge in [-0.2, -0.15) is 5.10 Å². The van der Waals surface area contributed by atoms with Crippen molar-refractivity contribution >= 4 is 47.1 Å². The fourth-order valence-electron chi connectivity index (χ4n) is 2.86. The van der Waals surface area contributed by atoms with Gasteiger partial charge in [-0.15, -0.1) is 10.2 Å². The van der Waals surface area contributed by atoms with Gasteiger partial charge in [0, 0.05) is 12.0 Å². The Morgan fingerprint density at radius 2 is 2.09 bits per heavy atom. The fraction of sp³-hybridized carbons (Fsp3) is 0.273. The SMILES string of the molecule is COc1ccc(CCCc2nnc(SCC(=O)N/N=C/c3cccc(Cl)c3Cl)o2)c(C)c1. The highest BCUT2D eigenvalue weighted by Crippen LogP contribution is 2.24. The van der Waals surface area contributed by atoms with Crippen molar-refractivity contribution in [2.24, 2.45) is 5.10 Å². The summed E-state index contributed by atoms with van der Waals surface area (Å²) < 4.78 is 10.8. The molecule has 1 amide bonds. The van der Waals surface area contributed by atoms with E-state index in [9.17, 15) is 4.79 Å². The number of aryl methyl sites for hydroxylation is 3. The van der Waals surface area contributed by atoms with Gasteiger partial charge in [0.1, 0.15) is 5.75 Å². The third-order valence-corrected chi connectivity index (χ3v) is 6.19. The van der Waals surface area contributed by atoms with Crippen LogP contribution in [-0.4, -0.2) is 35.2 Å². The number of aromatic nitrogens is 2. The molecule has 0 saturated carbocycles. The molecule has 10 heteroatoms. The van der Waals surface area contributed by atoms with Crippen LogP contribution in [0.1, 0.15) is 29.0 Å². The zero-order valence-electron chi connectivity index (χ0n) is 17.6. The van der Waals surface area contributed by atoms with Crippen LogP contribution in [-0.2, 0) is 17.6 Å². The Balaban J connectivity index is 1.40. The van der Waals surface area contributed by atoms with Gasteiger partial charge in [-0.3, -0.25) is 4.79 Å². The topological polar surface area (TPSA) is 89.6 Å². The molecular weight excluding hydrogens is 471 g/mol. The molecule has 0 unspecified atom stereocenters. The third kappa shape index (κ3) is 6.98. The van der Waals surface area contributed by atoms with Crippen LogP contribution in [0, 0.1) is 6.92 Å². The highest BCUT2D eigenvalue weighted by atomic mass is 35.5. The van der Waals surface area contributed by atoms with Crippen LogP contribution in [0.15, 0.2) is 51.1 Å². The largest absolute Gasteiger partial charge is 0.497 e. The number of thioether (sulfide) groups is 1. The van der Waals surface area contributed by atoms with Crippen LogP contribution in [0.2, 0.25) is 10.0 Å². The molecule has 0 radical (unpaired) electrons. The maximum absolute atomic E-state index is 12.0. The number of carbonyl (C=O) groups excluding carboxylic acids is 1. The van der Waals surface area contributed by atoms with Crippen LogP contribution < -0.4 is 10.2 Å². The van der Waals surface area contributed by atoms with Gasteiger partial charge in [-0.25, -0.2) is 5.43 Å². The summed E-state index contributed by atoms with van der Waals surface area (Å²) in [6, 6.07) is 11.2. The quantitative estimate of drug-likeness (QED) is 0.240. The van der Waals surface area contributed by atoms with Crippen LogP contribution in [0.25, 0.3) is 0 Å². The van der Waals surface area contributed by atoms with Crippen molar-refractivity contribution in [3.05, 3.63) is 69.0 Å². The summed E-state index contributed by atoms with van der Waals surface area (Å²) in [6.07, 6.45) is 3.88. The summed E-state index contributed by atoms with van der Waals surface area (Å²) in [6.45, 7) is 2.07. The van der Waals surface area contributed by atoms with E-state index in [1.165, 1.54) is 17.3 Å². The Hall–Kier alpha value is -2.55. The average molecular weight is 493 g/mol. The standard InChI is InChI=1S/C22H22Cl2N4O3S/c1-14-11-17(30-2)10-9-15(14)5-4-8-20-27-28-22(31-20)32-13-19(29)26-25-12-16-6-3-7-18(23)21(16)24/h3,6-7,9-12H,4-5,8,13H2,1-2H3,(H,26,29)/b25-12+. The molecule has 1 aromatic heterocycles. The smallest absolute Gasteiger partial charge is 0.277 e. The monoisotopic (exact) mass is 492 g/mol. The molecule has 0 atom stereocenters. The molecule has 0 fully saturated rings. The first-order valence-electron chi connectivity index (χ1n) is 9.81.